The number of aromatic nitrogens is 1. The molecule has 1 heterocycles. The fourth-order valence-corrected chi connectivity index (χ4v) is 1.90. The van der Waals surface area contributed by atoms with Crippen LogP contribution in [0.1, 0.15) is 32.9 Å². The Kier molecular flexibility index (Phi) is 4.36. The first-order valence-corrected chi connectivity index (χ1v) is 5.55. The largest absolute Gasteiger partial charge is 0.389 e. The molecule has 1 rings (SSSR count). The molecule has 1 aromatic rings. The van der Waals surface area contributed by atoms with Crippen LogP contribution in [0.2, 0.25) is 0 Å². The SMILES string of the molecule is CC(C)CC(C)(O)CNCc1ccc[nH]1. The molecule has 0 aliphatic carbocycles. The average Bonchev–Trinajstić information content (AvgIpc) is 2.53. The highest BCUT2D eigenvalue weighted by atomic mass is 16.3. The fraction of sp³-hybridized carbons (Fsp3) is 0.667. The van der Waals surface area contributed by atoms with Gasteiger partial charge in [0, 0.05) is 25.0 Å². The predicted octanol–water partition coefficient (Wildman–Crippen LogP) is 1.90. The number of aliphatic hydroxyl groups is 1. The summed E-state index contributed by atoms with van der Waals surface area (Å²) in [6, 6.07) is 4.01. The zero-order valence-electron chi connectivity index (χ0n) is 9.88. The topological polar surface area (TPSA) is 48.0 Å². The molecule has 1 unspecified atom stereocenters. The van der Waals surface area contributed by atoms with Gasteiger partial charge in [-0.1, -0.05) is 13.8 Å². The highest BCUT2D eigenvalue weighted by Gasteiger charge is 2.20. The van der Waals surface area contributed by atoms with E-state index in [0.29, 0.717) is 12.5 Å². The Labute approximate surface area is 91.9 Å². The first-order valence-electron chi connectivity index (χ1n) is 5.55. The van der Waals surface area contributed by atoms with E-state index in [-0.39, 0.29) is 0 Å². The maximum absolute atomic E-state index is 10.0. The lowest BCUT2D eigenvalue weighted by atomic mass is 9.94. The van der Waals surface area contributed by atoms with Crippen molar-refractivity contribution in [1.82, 2.24) is 10.3 Å². The summed E-state index contributed by atoms with van der Waals surface area (Å²) >= 11 is 0. The van der Waals surface area contributed by atoms with Crippen molar-refractivity contribution in [3.63, 3.8) is 0 Å². The summed E-state index contributed by atoms with van der Waals surface area (Å²) in [7, 11) is 0. The molecule has 3 N–H and O–H groups in total. The summed E-state index contributed by atoms with van der Waals surface area (Å²) in [6.45, 7) is 7.54. The molecule has 15 heavy (non-hydrogen) atoms. The second-order valence-electron chi connectivity index (χ2n) is 4.89. The van der Waals surface area contributed by atoms with Crippen LogP contribution in [0.3, 0.4) is 0 Å². The van der Waals surface area contributed by atoms with E-state index < -0.39 is 5.60 Å². The van der Waals surface area contributed by atoms with Gasteiger partial charge in [0.05, 0.1) is 5.60 Å². The van der Waals surface area contributed by atoms with Gasteiger partial charge in [0.1, 0.15) is 0 Å². The summed E-state index contributed by atoms with van der Waals surface area (Å²) in [5.41, 5.74) is 0.538. The lowest BCUT2D eigenvalue weighted by Crippen LogP contribution is -2.38. The molecular formula is C12H22N2O. The van der Waals surface area contributed by atoms with Gasteiger partial charge >= 0.3 is 0 Å². The minimum absolute atomic E-state index is 0.521. The van der Waals surface area contributed by atoms with Crippen LogP contribution in [0, 0.1) is 5.92 Å². The minimum Gasteiger partial charge on any atom is -0.389 e. The van der Waals surface area contributed by atoms with Gasteiger partial charge in [-0.3, -0.25) is 0 Å². The molecule has 0 aliphatic heterocycles. The standard InChI is InChI=1S/C12H22N2O/c1-10(2)7-12(3,15)9-13-8-11-5-4-6-14-11/h4-6,10,13-15H,7-9H2,1-3H3. The van der Waals surface area contributed by atoms with Crippen LogP contribution in [0.4, 0.5) is 0 Å². The van der Waals surface area contributed by atoms with Gasteiger partial charge < -0.3 is 15.4 Å². The Bertz CT molecular complexity index is 265. The third-order valence-corrected chi connectivity index (χ3v) is 2.33. The molecule has 1 aromatic heterocycles. The van der Waals surface area contributed by atoms with Gasteiger partial charge in [-0.15, -0.1) is 0 Å². The number of hydrogen-bond acceptors (Lipinski definition) is 2. The third-order valence-electron chi connectivity index (χ3n) is 2.33. The van der Waals surface area contributed by atoms with Crippen LogP contribution in [-0.2, 0) is 6.54 Å². The number of rotatable bonds is 6. The molecule has 0 bridgehead atoms. The summed E-state index contributed by atoms with van der Waals surface area (Å²) < 4.78 is 0. The van der Waals surface area contributed by atoms with E-state index in [2.05, 4.69) is 24.1 Å². The molecule has 3 nitrogen and oxygen atoms in total. The van der Waals surface area contributed by atoms with Gasteiger partial charge in [0.15, 0.2) is 0 Å². The first kappa shape index (κ1) is 12.3. The second kappa shape index (κ2) is 5.33. The number of aromatic amines is 1. The van der Waals surface area contributed by atoms with E-state index >= 15 is 0 Å². The van der Waals surface area contributed by atoms with Crippen molar-refractivity contribution < 1.29 is 5.11 Å². The highest BCUT2D eigenvalue weighted by molar-refractivity contribution is 5.03. The maximum Gasteiger partial charge on any atom is 0.0746 e. The highest BCUT2D eigenvalue weighted by Crippen LogP contribution is 2.15. The molecule has 0 spiro atoms. The number of H-pyrrole nitrogens is 1. The monoisotopic (exact) mass is 210 g/mol. The molecule has 1 atom stereocenters. The average molecular weight is 210 g/mol. The van der Waals surface area contributed by atoms with Gasteiger partial charge in [0.25, 0.3) is 0 Å². The van der Waals surface area contributed by atoms with Gasteiger partial charge in [-0.25, -0.2) is 0 Å². The second-order valence-corrected chi connectivity index (χ2v) is 4.89. The lowest BCUT2D eigenvalue weighted by molar-refractivity contribution is 0.0383. The summed E-state index contributed by atoms with van der Waals surface area (Å²) in [5.74, 6) is 0.521. The third kappa shape index (κ3) is 5.00. The van der Waals surface area contributed by atoms with Crippen molar-refractivity contribution >= 4 is 0 Å². The zero-order chi connectivity index (χ0) is 11.3. The molecule has 0 aromatic carbocycles. The predicted molar refractivity (Wildman–Crippen MR) is 62.6 cm³/mol. The zero-order valence-corrected chi connectivity index (χ0v) is 9.88. The molecule has 0 saturated carbocycles. The van der Waals surface area contributed by atoms with E-state index in [9.17, 15) is 5.11 Å². The van der Waals surface area contributed by atoms with Crippen LogP contribution >= 0.6 is 0 Å². The Balaban J connectivity index is 2.24. The number of nitrogens with one attached hydrogen (secondary N) is 2. The fourth-order valence-electron chi connectivity index (χ4n) is 1.90. The maximum atomic E-state index is 10.0. The molecular weight excluding hydrogens is 188 g/mol. The Morgan fingerprint density at radius 2 is 2.27 bits per heavy atom. The molecule has 0 fully saturated rings. The van der Waals surface area contributed by atoms with Crippen molar-refractivity contribution in [3.8, 4) is 0 Å². The van der Waals surface area contributed by atoms with Crippen molar-refractivity contribution in [1.29, 1.82) is 0 Å². The van der Waals surface area contributed by atoms with E-state index in [4.69, 9.17) is 0 Å². The summed E-state index contributed by atoms with van der Waals surface area (Å²) in [6.07, 6.45) is 2.73. The lowest BCUT2D eigenvalue weighted by Gasteiger charge is -2.25. The summed E-state index contributed by atoms with van der Waals surface area (Å²) in [4.78, 5) is 3.12. The Hall–Kier alpha value is -0.800. The molecule has 3 heteroatoms. The van der Waals surface area contributed by atoms with E-state index in [0.717, 1.165) is 18.7 Å². The Morgan fingerprint density at radius 3 is 2.80 bits per heavy atom. The smallest absolute Gasteiger partial charge is 0.0746 e. The van der Waals surface area contributed by atoms with Gasteiger partial charge in [0.2, 0.25) is 0 Å². The normalized spacial score (nSPS) is 15.5. The molecule has 86 valence electrons. The first-order chi connectivity index (χ1) is 6.99. The molecule has 0 saturated heterocycles. The van der Waals surface area contributed by atoms with Crippen LogP contribution < -0.4 is 5.32 Å². The van der Waals surface area contributed by atoms with E-state index in [1.165, 1.54) is 0 Å². The minimum atomic E-state index is -0.610. The summed E-state index contributed by atoms with van der Waals surface area (Å²) in [5, 5.41) is 13.3. The quantitative estimate of drug-likeness (QED) is 0.671. The Morgan fingerprint density at radius 1 is 1.53 bits per heavy atom. The van der Waals surface area contributed by atoms with Crippen LogP contribution in [0.5, 0.6) is 0 Å². The van der Waals surface area contributed by atoms with E-state index in [1.807, 2.05) is 25.3 Å². The van der Waals surface area contributed by atoms with Crippen LogP contribution in [0.25, 0.3) is 0 Å². The number of hydrogen-bond donors (Lipinski definition) is 3. The van der Waals surface area contributed by atoms with Crippen LogP contribution in [-0.4, -0.2) is 22.2 Å². The van der Waals surface area contributed by atoms with Crippen molar-refractivity contribution in [3.05, 3.63) is 24.0 Å². The van der Waals surface area contributed by atoms with Gasteiger partial charge in [-0.2, -0.15) is 0 Å². The van der Waals surface area contributed by atoms with Crippen molar-refractivity contribution in [2.24, 2.45) is 5.92 Å². The van der Waals surface area contributed by atoms with Crippen molar-refractivity contribution in [2.45, 2.75) is 39.3 Å². The van der Waals surface area contributed by atoms with Crippen LogP contribution in [0.15, 0.2) is 18.3 Å². The van der Waals surface area contributed by atoms with Crippen molar-refractivity contribution in [2.75, 3.05) is 6.54 Å². The van der Waals surface area contributed by atoms with E-state index in [1.54, 1.807) is 0 Å². The molecule has 0 aliphatic rings. The van der Waals surface area contributed by atoms with Gasteiger partial charge in [-0.05, 0) is 31.4 Å². The molecule has 0 radical (unpaired) electrons. The molecule has 0 amide bonds.